The molecule has 172 valence electrons. The monoisotopic (exact) mass is 477 g/mol. The van der Waals surface area contributed by atoms with Gasteiger partial charge in [0.2, 0.25) is 0 Å². The van der Waals surface area contributed by atoms with Crippen molar-refractivity contribution >= 4 is 22.5 Å². The van der Waals surface area contributed by atoms with E-state index >= 15 is 0 Å². The Hall–Kier alpha value is -4.15. The molecule has 35 heavy (non-hydrogen) atoms. The fraction of sp³-hybridized carbons (Fsp3) is 0.143. The van der Waals surface area contributed by atoms with Crippen LogP contribution in [0, 0.1) is 25.2 Å². The van der Waals surface area contributed by atoms with Gasteiger partial charge in [-0.1, -0.05) is 72.4 Å². The van der Waals surface area contributed by atoms with Crippen LogP contribution in [-0.4, -0.2) is 19.7 Å². The summed E-state index contributed by atoms with van der Waals surface area (Å²) in [6.07, 6.45) is 0.638. The number of H-pyrrole nitrogens is 1. The van der Waals surface area contributed by atoms with Gasteiger partial charge in [-0.15, -0.1) is 10.2 Å². The van der Waals surface area contributed by atoms with Crippen molar-refractivity contribution in [2.75, 3.05) is 0 Å². The van der Waals surface area contributed by atoms with Gasteiger partial charge < -0.3 is 4.98 Å². The van der Waals surface area contributed by atoms with Crippen LogP contribution in [0.2, 0.25) is 0 Å². The highest BCUT2D eigenvalue weighted by molar-refractivity contribution is 7.98. The van der Waals surface area contributed by atoms with Gasteiger partial charge in [-0.05, 0) is 53.4 Å². The average Bonchev–Trinajstić information content (AvgIpc) is 3.27. The van der Waals surface area contributed by atoms with Crippen LogP contribution in [0.1, 0.15) is 33.8 Å². The van der Waals surface area contributed by atoms with Gasteiger partial charge in [-0.25, -0.2) is 0 Å². The van der Waals surface area contributed by atoms with E-state index in [2.05, 4.69) is 56.1 Å². The zero-order valence-electron chi connectivity index (χ0n) is 19.4. The molecule has 6 nitrogen and oxygen atoms in total. The third kappa shape index (κ3) is 4.36. The summed E-state index contributed by atoms with van der Waals surface area (Å²) in [6.45, 7) is 3.68. The van der Waals surface area contributed by atoms with Crippen molar-refractivity contribution in [3.8, 4) is 11.8 Å². The lowest BCUT2D eigenvalue weighted by molar-refractivity contribution is 0.849. The van der Waals surface area contributed by atoms with E-state index in [0.717, 1.165) is 27.9 Å². The number of aromatic nitrogens is 4. The molecule has 1 N–H and O–H groups in total. The highest BCUT2D eigenvalue weighted by Crippen LogP contribution is 2.29. The van der Waals surface area contributed by atoms with Gasteiger partial charge in [0.05, 0.1) is 0 Å². The molecule has 7 heteroatoms. The Morgan fingerprint density at radius 3 is 2.51 bits per heavy atom. The molecule has 0 amide bonds. The topological polar surface area (TPSA) is 87.4 Å². The SMILES string of the molecule is Cc1[nH]c(=O)c(C#N)c(C)c1CSc1nnc(Cc2cccc3ccccc23)n1-c1ccccc1. The van der Waals surface area contributed by atoms with Gasteiger partial charge in [0, 0.05) is 23.6 Å². The maximum atomic E-state index is 12.1. The maximum absolute atomic E-state index is 12.1. The lowest BCUT2D eigenvalue weighted by Gasteiger charge is -2.13. The van der Waals surface area contributed by atoms with E-state index in [-0.39, 0.29) is 11.1 Å². The number of nitriles is 1. The van der Waals surface area contributed by atoms with Crippen molar-refractivity contribution in [2.45, 2.75) is 31.2 Å². The smallest absolute Gasteiger partial charge is 0.266 e. The maximum Gasteiger partial charge on any atom is 0.266 e. The summed E-state index contributed by atoms with van der Waals surface area (Å²) in [5.41, 5.74) is 4.40. The van der Waals surface area contributed by atoms with Crippen molar-refractivity contribution in [1.29, 1.82) is 5.26 Å². The first-order valence-corrected chi connectivity index (χ1v) is 12.3. The predicted octanol–water partition coefficient (Wildman–Crippen LogP) is 5.48. The molecule has 0 saturated carbocycles. The van der Waals surface area contributed by atoms with E-state index < -0.39 is 0 Å². The number of fused-ring (bicyclic) bond motifs is 1. The first-order valence-electron chi connectivity index (χ1n) is 11.3. The number of nitrogens with one attached hydrogen (secondary N) is 1. The minimum absolute atomic E-state index is 0.160. The molecule has 5 aromatic rings. The summed E-state index contributed by atoms with van der Waals surface area (Å²) in [5.74, 6) is 1.41. The molecule has 2 aromatic heterocycles. The van der Waals surface area contributed by atoms with Crippen molar-refractivity contribution in [3.05, 3.63) is 117 Å². The summed E-state index contributed by atoms with van der Waals surface area (Å²) in [6, 6.07) is 26.8. The molecule has 2 heterocycles. The average molecular weight is 478 g/mol. The molecule has 0 atom stereocenters. The quantitative estimate of drug-likeness (QED) is 0.327. The second kappa shape index (κ2) is 9.61. The molecule has 0 aliphatic heterocycles. The van der Waals surface area contributed by atoms with Gasteiger partial charge >= 0.3 is 0 Å². The van der Waals surface area contributed by atoms with E-state index in [0.29, 0.717) is 17.7 Å². The first kappa shape index (κ1) is 22.6. The summed E-state index contributed by atoms with van der Waals surface area (Å²) in [7, 11) is 0. The number of rotatable bonds is 6. The molecule has 0 bridgehead atoms. The number of thioether (sulfide) groups is 1. The largest absolute Gasteiger partial charge is 0.325 e. The molecule has 0 aliphatic carbocycles. The Kier molecular flexibility index (Phi) is 6.21. The highest BCUT2D eigenvalue weighted by atomic mass is 32.2. The molecule has 5 rings (SSSR count). The van der Waals surface area contributed by atoms with Crippen LogP contribution >= 0.6 is 11.8 Å². The summed E-state index contributed by atoms with van der Waals surface area (Å²) >= 11 is 1.54. The van der Waals surface area contributed by atoms with E-state index in [9.17, 15) is 10.1 Å². The van der Waals surface area contributed by atoms with Crippen molar-refractivity contribution in [1.82, 2.24) is 19.7 Å². The molecular weight excluding hydrogens is 454 g/mol. The number of benzene rings is 3. The van der Waals surface area contributed by atoms with Gasteiger partial charge in [0.1, 0.15) is 17.5 Å². The van der Waals surface area contributed by atoms with Crippen LogP contribution in [0.5, 0.6) is 0 Å². The van der Waals surface area contributed by atoms with E-state index in [1.165, 1.54) is 16.3 Å². The minimum atomic E-state index is -0.346. The number of hydrogen-bond acceptors (Lipinski definition) is 5. The summed E-state index contributed by atoms with van der Waals surface area (Å²) in [4.78, 5) is 14.9. The Bertz CT molecular complexity index is 1620. The Balaban J connectivity index is 1.54. The van der Waals surface area contributed by atoms with Crippen LogP contribution in [0.4, 0.5) is 0 Å². The number of nitrogens with zero attached hydrogens (tertiary/aromatic N) is 4. The van der Waals surface area contributed by atoms with E-state index in [4.69, 9.17) is 0 Å². The molecule has 0 saturated heterocycles. The fourth-order valence-electron chi connectivity index (χ4n) is 4.36. The predicted molar refractivity (Wildman–Crippen MR) is 139 cm³/mol. The van der Waals surface area contributed by atoms with Crippen LogP contribution in [0.25, 0.3) is 16.5 Å². The third-order valence-corrected chi connectivity index (χ3v) is 7.16. The first-order chi connectivity index (χ1) is 17.1. The van der Waals surface area contributed by atoms with Gasteiger partial charge in [0.15, 0.2) is 5.16 Å². The second-order valence-electron chi connectivity index (χ2n) is 8.34. The number of aryl methyl sites for hydroxylation is 1. The molecule has 3 aromatic carbocycles. The fourth-order valence-corrected chi connectivity index (χ4v) is 5.51. The zero-order chi connectivity index (χ0) is 24.4. The number of hydrogen-bond donors (Lipinski definition) is 1. The summed E-state index contributed by atoms with van der Waals surface area (Å²) < 4.78 is 2.09. The van der Waals surface area contributed by atoms with Crippen LogP contribution in [0.3, 0.4) is 0 Å². The van der Waals surface area contributed by atoms with Gasteiger partial charge in [0.25, 0.3) is 5.56 Å². The highest BCUT2D eigenvalue weighted by Gasteiger charge is 2.18. The van der Waals surface area contributed by atoms with Gasteiger partial charge in [-0.3, -0.25) is 9.36 Å². The van der Waals surface area contributed by atoms with E-state index in [1.54, 1.807) is 11.8 Å². The van der Waals surface area contributed by atoms with Gasteiger partial charge in [-0.2, -0.15) is 5.26 Å². The van der Waals surface area contributed by atoms with E-state index in [1.807, 2.05) is 56.3 Å². The Morgan fingerprint density at radius 2 is 1.71 bits per heavy atom. The number of aromatic amines is 1. The molecule has 0 aliphatic rings. The zero-order valence-corrected chi connectivity index (χ0v) is 20.3. The lowest BCUT2D eigenvalue weighted by atomic mass is 10.0. The molecule has 0 radical (unpaired) electrons. The second-order valence-corrected chi connectivity index (χ2v) is 9.29. The van der Waals surface area contributed by atoms with Crippen molar-refractivity contribution in [2.24, 2.45) is 0 Å². The van der Waals surface area contributed by atoms with Crippen molar-refractivity contribution in [3.63, 3.8) is 0 Å². The van der Waals surface area contributed by atoms with Crippen molar-refractivity contribution < 1.29 is 0 Å². The minimum Gasteiger partial charge on any atom is -0.325 e. The molecular formula is C28H23N5OS. The standard InChI is InChI=1S/C28H23N5OS/c1-18-24(16-29)27(34)30-19(2)25(18)17-35-28-32-31-26(33(28)22-12-4-3-5-13-22)15-21-11-8-10-20-9-6-7-14-23(20)21/h3-14H,15,17H2,1-2H3,(H,30,34). The normalized spacial score (nSPS) is 11.0. The summed E-state index contributed by atoms with van der Waals surface area (Å²) in [5, 5.41) is 21.7. The van der Waals surface area contributed by atoms with Crippen LogP contribution < -0.4 is 5.56 Å². The number of para-hydroxylation sites is 1. The lowest BCUT2D eigenvalue weighted by Crippen LogP contribution is -2.16. The molecule has 0 spiro atoms. The Morgan fingerprint density at radius 1 is 0.971 bits per heavy atom. The third-order valence-electron chi connectivity index (χ3n) is 6.21. The molecule has 0 fully saturated rings. The Labute approximate surface area is 207 Å². The van der Waals surface area contributed by atoms with Crippen LogP contribution in [0.15, 0.2) is 82.7 Å². The van der Waals surface area contributed by atoms with Crippen LogP contribution in [-0.2, 0) is 12.2 Å². The number of pyridine rings is 1. The molecule has 0 unspecified atom stereocenters.